The third-order valence-electron chi connectivity index (χ3n) is 7.35. The van der Waals surface area contributed by atoms with Gasteiger partial charge in [0.25, 0.3) is 0 Å². The second-order valence-corrected chi connectivity index (χ2v) is 12.8. The van der Waals surface area contributed by atoms with E-state index < -0.39 is 11.0 Å². The van der Waals surface area contributed by atoms with Gasteiger partial charge in [-0.05, 0) is 58.6 Å². The van der Waals surface area contributed by atoms with Crippen LogP contribution in [0, 0.1) is 11.3 Å². The van der Waals surface area contributed by atoms with Gasteiger partial charge in [0.2, 0.25) is 11.7 Å². The lowest BCUT2D eigenvalue weighted by molar-refractivity contribution is 0.0240. The zero-order valence-corrected chi connectivity index (χ0v) is 24.3. The number of rotatable bonds is 3. The van der Waals surface area contributed by atoms with Crippen molar-refractivity contribution in [2.24, 2.45) is 0 Å². The van der Waals surface area contributed by atoms with Crippen LogP contribution in [0.25, 0.3) is 11.5 Å². The number of aromatic nitrogens is 3. The van der Waals surface area contributed by atoms with Gasteiger partial charge in [-0.3, -0.25) is 0 Å². The summed E-state index contributed by atoms with van der Waals surface area (Å²) in [6, 6.07) is 5.96. The van der Waals surface area contributed by atoms with Crippen molar-refractivity contribution >= 4 is 39.7 Å². The average molecular weight is 570 g/mol. The number of amides is 1. The highest BCUT2D eigenvalue weighted by Crippen LogP contribution is 2.52. The number of nitrogen functional groups attached to an aromatic ring is 1. The molecule has 1 amide bonds. The van der Waals surface area contributed by atoms with Crippen molar-refractivity contribution in [1.29, 1.82) is 5.26 Å². The highest BCUT2D eigenvalue weighted by molar-refractivity contribution is 7.16. The van der Waals surface area contributed by atoms with Crippen LogP contribution in [0.5, 0.6) is 0 Å². The molecule has 1 fully saturated rings. The summed E-state index contributed by atoms with van der Waals surface area (Å²) in [5.74, 6) is 1.05. The number of thiophene rings is 1. The third-order valence-corrected chi connectivity index (χ3v) is 8.80. The van der Waals surface area contributed by atoms with Gasteiger partial charge in [-0.25, -0.2) is 9.78 Å². The van der Waals surface area contributed by atoms with E-state index in [4.69, 9.17) is 31.6 Å². The van der Waals surface area contributed by atoms with E-state index in [9.17, 15) is 10.1 Å². The maximum absolute atomic E-state index is 12.4. The number of halogens is 1. The molecule has 3 aromatic heterocycles. The van der Waals surface area contributed by atoms with E-state index in [1.165, 1.54) is 11.3 Å². The molecule has 0 spiro atoms. The number of hydrogen-bond acceptors (Lipinski definition) is 10. The lowest BCUT2D eigenvalue weighted by Crippen LogP contribution is -2.50. The Kier molecular flexibility index (Phi) is 6.97. The zero-order chi connectivity index (χ0) is 28.1. The molecule has 1 saturated heterocycles. The van der Waals surface area contributed by atoms with Crippen molar-refractivity contribution in [2.45, 2.75) is 64.4 Å². The Hall–Kier alpha value is -3.36. The molecule has 2 unspecified atom stereocenters. The Labute approximate surface area is 236 Å². The quantitative estimate of drug-likeness (QED) is 0.402. The van der Waals surface area contributed by atoms with E-state index in [0.29, 0.717) is 65.2 Å². The van der Waals surface area contributed by atoms with Crippen molar-refractivity contribution in [3.63, 3.8) is 0 Å². The molecular formula is C27H32ClN7O3S. The first kappa shape index (κ1) is 27.2. The molecule has 0 radical (unpaired) electrons. The van der Waals surface area contributed by atoms with Gasteiger partial charge in [0.05, 0.1) is 11.0 Å². The molecule has 10 nitrogen and oxygen atoms in total. The molecule has 39 heavy (non-hydrogen) atoms. The second kappa shape index (κ2) is 9.99. The molecule has 1 aliphatic carbocycles. The molecule has 206 valence electrons. The fraction of sp³-hybridized carbons (Fsp3) is 0.519. The van der Waals surface area contributed by atoms with Gasteiger partial charge in [0, 0.05) is 42.3 Å². The lowest BCUT2D eigenvalue weighted by atomic mass is 9.69. The van der Waals surface area contributed by atoms with E-state index in [1.54, 1.807) is 11.0 Å². The Balaban J connectivity index is 1.39. The summed E-state index contributed by atoms with van der Waals surface area (Å²) in [5.41, 5.74) is 7.78. The molecular weight excluding hydrogens is 538 g/mol. The van der Waals surface area contributed by atoms with Crippen LogP contribution in [0.2, 0.25) is 5.15 Å². The van der Waals surface area contributed by atoms with Crippen molar-refractivity contribution in [2.75, 3.05) is 36.8 Å². The van der Waals surface area contributed by atoms with Crippen LogP contribution < -0.4 is 10.6 Å². The average Bonchev–Trinajstić information content (AvgIpc) is 3.51. The van der Waals surface area contributed by atoms with Crippen molar-refractivity contribution in [3.8, 4) is 17.6 Å². The van der Waals surface area contributed by atoms with Gasteiger partial charge in [-0.15, -0.1) is 11.3 Å². The summed E-state index contributed by atoms with van der Waals surface area (Å²) in [5, 5.41) is 14.9. The van der Waals surface area contributed by atoms with Gasteiger partial charge in [0.1, 0.15) is 27.5 Å². The predicted octanol–water partition coefficient (Wildman–Crippen LogP) is 5.56. The summed E-state index contributed by atoms with van der Waals surface area (Å²) < 4.78 is 11.3. The lowest BCUT2D eigenvalue weighted by Gasteiger charge is -2.36. The van der Waals surface area contributed by atoms with E-state index in [0.717, 1.165) is 29.0 Å². The summed E-state index contributed by atoms with van der Waals surface area (Å²) in [4.78, 5) is 26.6. The molecule has 3 aromatic rings. The monoisotopic (exact) mass is 569 g/mol. The van der Waals surface area contributed by atoms with E-state index in [2.05, 4.69) is 28.0 Å². The zero-order valence-electron chi connectivity index (χ0n) is 22.7. The first-order chi connectivity index (χ1) is 18.4. The number of carbonyl (C=O) groups is 1. The van der Waals surface area contributed by atoms with Gasteiger partial charge in [-0.1, -0.05) is 23.7 Å². The minimum atomic E-state index is -0.633. The fourth-order valence-electron chi connectivity index (χ4n) is 5.25. The molecule has 12 heteroatoms. The van der Waals surface area contributed by atoms with Crippen LogP contribution in [0.15, 0.2) is 16.7 Å². The fourth-order valence-corrected chi connectivity index (χ4v) is 6.69. The van der Waals surface area contributed by atoms with Crippen molar-refractivity contribution in [3.05, 3.63) is 39.2 Å². The summed E-state index contributed by atoms with van der Waals surface area (Å²) >= 11 is 7.89. The van der Waals surface area contributed by atoms with Crippen LogP contribution in [-0.2, 0) is 10.2 Å². The Morgan fingerprint density at radius 1 is 1.28 bits per heavy atom. The predicted molar refractivity (Wildman–Crippen MR) is 150 cm³/mol. The number of nitrogens with zero attached hydrogens (tertiary/aromatic N) is 6. The molecule has 4 heterocycles. The molecule has 0 bridgehead atoms. The molecule has 2 aliphatic rings. The number of piperazine rings is 1. The number of pyridine rings is 1. The second-order valence-electron chi connectivity index (χ2n) is 11.4. The van der Waals surface area contributed by atoms with Crippen LogP contribution in [0.4, 0.5) is 15.5 Å². The topological polar surface area (TPSA) is 134 Å². The maximum atomic E-state index is 12.4. The van der Waals surface area contributed by atoms with Crippen LogP contribution >= 0.6 is 22.9 Å². The van der Waals surface area contributed by atoms with E-state index >= 15 is 0 Å². The van der Waals surface area contributed by atoms with Crippen LogP contribution in [0.1, 0.15) is 75.3 Å². The summed E-state index contributed by atoms with van der Waals surface area (Å²) in [7, 11) is 0. The highest BCUT2D eigenvalue weighted by atomic mass is 35.5. The smallest absolute Gasteiger partial charge is 0.410 e. The van der Waals surface area contributed by atoms with Gasteiger partial charge in [0.15, 0.2) is 0 Å². The SMILES string of the molecule is CC1CCC(C)(c2nc(-c3cc(N4CCN(C(=O)OC(C)(C)C)CC4)cc(Cl)n3)no2)c2c1sc(N)c2C#N. The number of fused-ring (bicyclic) bond motifs is 1. The van der Waals surface area contributed by atoms with Crippen molar-refractivity contribution in [1.82, 2.24) is 20.0 Å². The number of ether oxygens (including phenoxy) is 1. The number of hydrogen-bond donors (Lipinski definition) is 1. The Morgan fingerprint density at radius 3 is 2.67 bits per heavy atom. The number of carbonyl (C=O) groups excluding carboxylic acids is 1. The molecule has 5 rings (SSSR count). The highest BCUT2D eigenvalue weighted by Gasteiger charge is 2.45. The molecule has 0 saturated carbocycles. The molecule has 2 N–H and O–H groups in total. The normalized spacial score (nSPS) is 21.4. The van der Waals surface area contributed by atoms with Crippen LogP contribution in [-0.4, -0.2) is 57.9 Å². The maximum Gasteiger partial charge on any atom is 0.410 e. The Bertz CT molecular complexity index is 1450. The summed E-state index contributed by atoms with van der Waals surface area (Å²) in [6.07, 6.45) is 1.36. The summed E-state index contributed by atoms with van der Waals surface area (Å²) in [6.45, 7) is 12.0. The minimum Gasteiger partial charge on any atom is -0.444 e. The van der Waals surface area contributed by atoms with Gasteiger partial charge in [-0.2, -0.15) is 10.2 Å². The number of anilines is 2. The molecule has 1 aliphatic heterocycles. The molecule has 0 aromatic carbocycles. The number of nitriles is 1. The van der Waals surface area contributed by atoms with E-state index in [1.807, 2.05) is 33.8 Å². The standard InChI is InChI=1S/C27H32ClN7O3S/c1-15-6-7-27(5,20-17(14-29)22(30)39-21(15)20)24-32-23(33-38-24)18-12-16(13-19(28)31-18)34-8-10-35(11-9-34)25(36)37-26(2,3)4/h12-13,15H,6-11,30H2,1-5H3. The molecule has 2 atom stereocenters. The Morgan fingerprint density at radius 2 is 2.00 bits per heavy atom. The largest absolute Gasteiger partial charge is 0.444 e. The van der Waals surface area contributed by atoms with Crippen LogP contribution in [0.3, 0.4) is 0 Å². The van der Waals surface area contributed by atoms with E-state index in [-0.39, 0.29) is 6.09 Å². The minimum absolute atomic E-state index is 0.304. The first-order valence-corrected chi connectivity index (χ1v) is 14.2. The van der Waals surface area contributed by atoms with Gasteiger partial charge < -0.3 is 24.8 Å². The first-order valence-electron chi connectivity index (χ1n) is 13.0. The third kappa shape index (κ3) is 5.15. The van der Waals surface area contributed by atoms with Gasteiger partial charge >= 0.3 is 6.09 Å². The van der Waals surface area contributed by atoms with Crippen molar-refractivity contribution < 1.29 is 14.1 Å². The number of nitrogens with two attached hydrogens (primary N) is 1.